The highest BCUT2D eigenvalue weighted by Crippen LogP contribution is 2.29. The van der Waals surface area contributed by atoms with Crippen molar-refractivity contribution in [3.8, 4) is 11.5 Å². The van der Waals surface area contributed by atoms with Crippen LogP contribution in [-0.4, -0.2) is 36.7 Å². The quantitative estimate of drug-likeness (QED) is 0.819. The summed E-state index contributed by atoms with van der Waals surface area (Å²) in [6.07, 6.45) is 0.141. The van der Waals surface area contributed by atoms with Crippen LogP contribution < -0.4 is 14.8 Å². The number of amides is 1. The van der Waals surface area contributed by atoms with Crippen molar-refractivity contribution in [3.05, 3.63) is 23.8 Å². The van der Waals surface area contributed by atoms with Crippen LogP contribution in [0.15, 0.2) is 18.2 Å². The highest BCUT2D eigenvalue weighted by Gasteiger charge is 2.34. The van der Waals surface area contributed by atoms with Crippen molar-refractivity contribution in [3.63, 3.8) is 0 Å². The van der Waals surface area contributed by atoms with Crippen LogP contribution in [0.2, 0.25) is 0 Å². The summed E-state index contributed by atoms with van der Waals surface area (Å²) in [5.41, 5.74) is -0.646. The van der Waals surface area contributed by atoms with Gasteiger partial charge in [0.15, 0.2) is 11.5 Å². The molecule has 0 heterocycles. The van der Waals surface area contributed by atoms with E-state index in [4.69, 9.17) is 9.47 Å². The molecule has 0 saturated carbocycles. The third kappa shape index (κ3) is 3.63. The number of nitrogens with one attached hydrogen (secondary N) is 1. The molecule has 1 rings (SSSR count). The highest BCUT2D eigenvalue weighted by atomic mass is 16.5. The van der Waals surface area contributed by atoms with Crippen LogP contribution in [0.3, 0.4) is 0 Å². The van der Waals surface area contributed by atoms with Crippen LogP contribution in [0.1, 0.15) is 19.4 Å². The average molecular weight is 281 g/mol. The minimum atomic E-state index is -1.37. The molecule has 1 aromatic rings. The molecule has 110 valence electrons. The Labute approximate surface area is 117 Å². The second-order valence-corrected chi connectivity index (χ2v) is 4.68. The predicted octanol–water partition coefficient (Wildman–Crippen LogP) is 1.23. The Hall–Kier alpha value is -2.24. The molecule has 0 radical (unpaired) electrons. The van der Waals surface area contributed by atoms with Crippen molar-refractivity contribution < 1.29 is 24.2 Å². The van der Waals surface area contributed by atoms with Gasteiger partial charge in [-0.15, -0.1) is 0 Å². The van der Waals surface area contributed by atoms with Crippen LogP contribution in [0.25, 0.3) is 0 Å². The average Bonchev–Trinajstić information content (AvgIpc) is 2.37. The molecule has 0 aliphatic carbocycles. The molecule has 20 heavy (non-hydrogen) atoms. The van der Waals surface area contributed by atoms with Crippen molar-refractivity contribution >= 4 is 11.9 Å². The van der Waals surface area contributed by atoms with E-state index < -0.39 is 17.4 Å². The molecular weight excluding hydrogens is 262 g/mol. The molecule has 0 fully saturated rings. The number of ether oxygens (including phenoxy) is 2. The number of methoxy groups -OCH3 is 2. The normalized spacial score (nSPS) is 13.2. The standard InChI is InChI=1S/C14H19NO5/c1-9(16)15-14(2,13(17)18)8-10-5-6-11(19-3)12(7-10)20-4/h5-7H,8H2,1-4H3,(H,15,16)(H,17,18)/t14-/m0/s1. The molecular formula is C14H19NO5. The van der Waals surface area contributed by atoms with Gasteiger partial charge in [-0.05, 0) is 24.6 Å². The maximum atomic E-state index is 11.4. The lowest BCUT2D eigenvalue weighted by molar-refractivity contribution is -0.146. The Morgan fingerprint density at radius 3 is 2.30 bits per heavy atom. The summed E-state index contributed by atoms with van der Waals surface area (Å²) in [4.78, 5) is 22.5. The van der Waals surface area contributed by atoms with Crippen molar-refractivity contribution in [2.75, 3.05) is 14.2 Å². The predicted molar refractivity (Wildman–Crippen MR) is 73.1 cm³/mol. The van der Waals surface area contributed by atoms with Gasteiger partial charge in [0, 0.05) is 13.3 Å². The molecule has 0 aliphatic heterocycles. The van der Waals surface area contributed by atoms with Gasteiger partial charge in [0.05, 0.1) is 14.2 Å². The largest absolute Gasteiger partial charge is 0.493 e. The lowest BCUT2D eigenvalue weighted by Crippen LogP contribution is -2.53. The fourth-order valence-corrected chi connectivity index (χ4v) is 1.96. The van der Waals surface area contributed by atoms with E-state index in [9.17, 15) is 14.7 Å². The molecule has 1 atom stereocenters. The number of carbonyl (C=O) groups is 2. The topological polar surface area (TPSA) is 84.9 Å². The van der Waals surface area contributed by atoms with E-state index in [2.05, 4.69) is 5.32 Å². The lowest BCUT2D eigenvalue weighted by atomic mass is 9.92. The number of carboxylic acids is 1. The number of rotatable bonds is 6. The van der Waals surface area contributed by atoms with Crippen LogP contribution >= 0.6 is 0 Å². The Kier molecular flexibility index (Phi) is 4.96. The van der Waals surface area contributed by atoms with E-state index in [1.807, 2.05) is 0 Å². The zero-order valence-electron chi connectivity index (χ0n) is 12.0. The molecule has 1 aromatic carbocycles. The van der Waals surface area contributed by atoms with Gasteiger partial charge < -0.3 is 19.9 Å². The van der Waals surface area contributed by atoms with Crippen molar-refractivity contribution in [1.29, 1.82) is 0 Å². The number of aliphatic carboxylic acids is 1. The van der Waals surface area contributed by atoms with Crippen molar-refractivity contribution in [1.82, 2.24) is 5.32 Å². The molecule has 0 bridgehead atoms. The van der Waals surface area contributed by atoms with E-state index in [-0.39, 0.29) is 6.42 Å². The van der Waals surface area contributed by atoms with Crippen LogP contribution in [0.5, 0.6) is 11.5 Å². The molecule has 1 amide bonds. The highest BCUT2D eigenvalue weighted by molar-refractivity contribution is 5.85. The Morgan fingerprint density at radius 1 is 1.25 bits per heavy atom. The molecule has 0 spiro atoms. The molecule has 0 aliphatic rings. The number of benzene rings is 1. The van der Waals surface area contributed by atoms with Gasteiger partial charge in [0.25, 0.3) is 0 Å². The monoisotopic (exact) mass is 281 g/mol. The summed E-state index contributed by atoms with van der Waals surface area (Å²) in [5, 5.41) is 11.8. The molecule has 6 heteroatoms. The summed E-state index contributed by atoms with van der Waals surface area (Å²) in [5.74, 6) is -0.411. The van der Waals surface area contributed by atoms with E-state index in [1.54, 1.807) is 18.2 Å². The summed E-state index contributed by atoms with van der Waals surface area (Å²) >= 11 is 0. The van der Waals surface area contributed by atoms with Gasteiger partial charge in [-0.25, -0.2) is 4.79 Å². The first-order valence-corrected chi connectivity index (χ1v) is 6.05. The second-order valence-electron chi connectivity index (χ2n) is 4.68. The summed E-state index contributed by atoms with van der Waals surface area (Å²) in [6.45, 7) is 2.75. The van der Waals surface area contributed by atoms with Gasteiger partial charge in [-0.1, -0.05) is 6.07 Å². The lowest BCUT2D eigenvalue weighted by Gasteiger charge is -2.26. The van der Waals surface area contributed by atoms with Gasteiger partial charge in [0.1, 0.15) is 5.54 Å². The molecule has 6 nitrogen and oxygen atoms in total. The summed E-state index contributed by atoms with van der Waals surface area (Å²) in [6, 6.07) is 5.14. The molecule has 2 N–H and O–H groups in total. The zero-order valence-corrected chi connectivity index (χ0v) is 12.0. The number of hydrogen-bond donors (Lipinski definition) is 2. The van der Waals surface area contributed by atoms with Gasteiger partial charge in [0.2, 0.25) is 5.91 Å². The van der Waals surface area contributed by atoms with Crippen LogP contribution in [-0.2, 0) is 16.0 Å². The SMILES string of the molecule is COc1ccc(C[C@](C)(NC(C)=O)C(=O)O)cc1OC. The Balaban J connectivity index is 3.06. The molecule has 0 saturated heterocycles. The van der Waals surface area contributed by atoms with Crippen molar-refractivity contribution in [2.45, 2.75) is 25.8 Å². The number of carbonyl (C=O) groups excluding carboxylic acids is 1. The van der Waals surface area contributed by atoms with Crippen LogP contribution in [0, 0.1) is 0 Å². The van der Waals surface area contributed by atoms with Crippen molar-refractivity contribution in [2.24, 2.45) is 0 Å². The minimum absolute atomic E-state index is 0.141. The number of hydrogen-bond acceptors (Lipinski definition) is 4. The maximum Gasteiger partial charge on any atom is 0.329 e. The Morgan fingerprint density at radius 2 is 1.85 bits per heavy atom. The molecule has 0 aromatic heterocycles. The second kappa shape index (κ2) is 6.27. The fraction of sp³-hybridized carbons (Fsp3) is 0.429. The zero-order chi connectivity index (χ0) is 15.3. The van der Waals surface area contributed by atoms with E-state index >= 15 is 0 Å². The third-order valence-corrected chi connectivity index (χ3v) is 2.93. The van der Waals surface area contributed by atoms with Gasteiger partial charge in [-0.3, -0.25) is 4.79 Å². The van der Waals surface area contributed by atoms with Crippen LogP contribution in [0.4, 0.5) is 0 Å². The first-order valence-electron chi connectivity index (χ1n) is 6.05. The fourth-order valence-electron chi connectivity index (χ4n) is 1.96. The molecule has 0 unspecified atom stereocenters. The number of carboxylic acid groups (broad SMARTS) is 1. The maximum absolute atomic E-state index is 11.4. The van der Waals surface area contributed by atoms with Gasteiger partial charge in [-0.2, -0.15) is 0 Å². The first kappa shape index (κ1) is 15.8. The van der Waals surface area contributed by atoms with Gasteiger partial charge >= 0.3 is 5.97 Å². The van der Waals surface area contributed by atoms with E-state index in [0.717, 1.165) is 5.56 Å². The summed E-state index contributed by atoms with van der Waals surface area (Å²) in [7, 11) is 3.03. The Bertz CT molecular complexity index is 514. The minimum Gasteiger partial charge on any atom is -0.493 e. The van der Waals surface area contributed by atoms with E-state index in [1.165, 1.54) is 28.1 Å². The summed E-state index contributed by atoms with van der Waals surface area (Å²) < 4.78 is 10.3. The first-order chi connectivity index (χ1) is 9.32. The van der Waals surface area contributed by atoms with E-state index in [0.29, 0.717) is 11.5 Å². The third-order valence-electron chi connectivity index (χ3n) is 2.93. The smallest absolute Gasteiger partial charge is 0.329 e.